The fraction of sp³-hybridized carbons (Fsp3) is 0.750. The van der Waals surface area contributed by atoms with Crippen LogP contribution >= 0.6 is 0 Å². The van der Waals surface area contributed by atoms with Gasteiger partial charge in [-0.25, -0.2) is 4.98 Å². The molecule has 3 nitrogen and oxygen atoms in total. The lowest BCUT2D eigenvalue weighted by molar-refractivity contribution is 0.392. The molecule has 1 atom stereocenters. The van der Waals surface area contributed by atoms with Gasteiger partial charge < -0.3 is 9.73 Å². The normalized spacial score (nSPS) is 13.0. The van der Waals surface area contributed by atoms with E-state index in [9.17, 15) is 0 Å². The SMILES string of the molecule is CCCCc1cnc(C(C)NCCC)o1. The van der Waals surface area contributed by atoms with E-state index in [4.69, 9.17) is 4.42 Å². The van der Waals surface area contributed by atoms with Crippen molar-refractivity contribution in [3.05, 3.63) is 17.8 Å². The number of nitrogens with one attached hydrogen (secondary N) is 1. The predicted octanol–water partition coefficient (Wildman–Crippen LogP) is 3.08. The maximum Gasteiger partial charge on any atom is 0.211 e. The molecule has 1 heterocycles. The summed E-state index contributed by atoms with van der Waals surface area (Å²) in [5.41, 5.74) is 0. The third-order valence-corrected chi connectivity index (χ3v) is 2.42. The number of unbranched alkanes of at least 4 members (excludes halogenated alkanes) is 1. The topological polar surface area (TPSA) is 38.1 Å². The second kappa shape index (κ2) is 6.62. The molecule has 0 amide bonds. The van der Waals surface area contributed by atoms with E-state index in [2.05, 4.69) is 31.1 Å². The minimum atomic E-state index is 0.223. The van der Waals surface area contributed by atoms with Gasteiger partial charge in [-0.15, -0.1) is 0 Å². The van der Waals surface area contributed by atoms with Crippen molar-refractivity contribution in [1.82, 2.24) is 10.3 Å². The highest BCUT2D eigenvalue weighted by Gasteiger charge is 2.10. The molecule has 0 aromatic carbocycles. The minimum Gasteiger partial charge on any atom is -0.444 e. The predicted molar refractivity (Wildman–Crippen MR) is 61.8 cm³/mol. The molecule has 0 bridgehead atoms. The van der Waals surface area contributed by atoms with Gasteiger partial charge in [-0.1, -0.05) is 20.3 Å². The zero-order chi connectivity index (χ0) is 11.1. The summed E-state index contributed by atoms with van der Waals surface area (Å²) < 4.78 is 5.67. The highest BCUT2D eigenvalue weighted by Crippen LogP contribution is 2.14. The number of rotatable bonds is 7. The number of aromatic nitrogens is 1. The molecular formula is C12H22N2O. The lowest BCUT2D eigenvalue weighted by Crippen LogP contribution is -2.19. The summed E-state index contributed by atoms with van der Waals surface area (Å²) in [5, 5.41) is 3.36. The Balaban J connectivity index is 2.43. The van der Waals surface area contributed by atoms with Gasteiger partial charge in [0, 0.05) is 6.42 Å². The number of oxazole rings is 1. The van der Waals surface area contributed by atoms with E-state index in [1.807, 2.05) is 6.20 Å². The smallest absolute Gasteiger partial charge is 0.211 e. The van der Waals surface area contributed by atoms with Gasteiger partial charge in [0.15, 0.2) is 0 Å². The first-order valence-electron chi connectivity index (χ1n) is 5.95. The molecule has 0 saturated carbocycles. The molecule has 3 heteroatoms. The summed E-state index contributed by atoms with van der Waals surface area (Å²) in [5.74, 6) is 1.83. The van der Waals surface area contributed by atoms with Gasteiger partial charge in [0.05, 0.1) is 12.2 Å². The number of hydrogen-bond acceptors (Lipinski definition) is 3. The first-order chi connectivity index (χ1) is 7.27. The van der Waals surface area contributed by atoms with E-state index in [1.165, 1.54) is 12.8 Å². The van der Waals surface area contributed by atoms with Crippen LogP contribution < -0.4 is 5.32 Å². The summed E-state index contributed by atoms with van der Waals surface area (Å²) in [6, 6.07) is 0.223. The van der Waals surface area contributed by atoms with E-state index in [1.54, 1.807) is 0 Å². The van der Waals surface area contributed by atoms with Crippen LogP contribution in [0.1, 0.15) is 57.7 Å². The average molecular weight is 210 g/mol. The van der Waals surface area contributed by atoms with E-state index in [-0.39, 0.29) is 6.04 Å². The minimum absolute atomic E-state index is 0.223. The van der Waals surface area contributed by atoms with Crippen LogP contribution in [0.25, 0.3) is 0 Å². The van der Waals surface area contributed by atoms with Crippen molar-refractivity contribution in [3.63, 3.8) is 0 Å². The molecule has 86 valence electrons. The van der Waals surface area contributed by atoms with Crippen molar-refractivity contribution >= 4 is 0 Å². The Labute approximate surface area is 92.3 Å². The van der Waals surface area contributed by atoms with Gasteiger partial charge in [-0.05, 0) is 26.3 Å². The van der Waals surface area contributed by atoms with Crippen molar-refractivity contribution < 1.29 is 4.42 Å². The molecule has 1 rings (SSSR count). The van der Waals surface area contributed by atoms with E-state index < -0.39 is 0 Å². The highest BCUT2D eigenvalue weighted by molar-refractivity contribution is 4.97. The fourth-order valence-corrected chi connectivity index (χ4v) is 1.44. The molecule has 1 aromatic rings. The first-order valence-corrected chi connectivity index (χ1v) is 5.95. The van der Waals surface area contributed by atoms with Crippen LogP contribution in [-0.2, 0) is 6.42 Å². The van der Waals surface area contributed by atoms with Crippen LogP contribution in [0.15, 0.2) is 10.6 Å². The van der Waals surface area contributed by atoms with Crippen LogP contribution in [0.4, 0.5) is 0 Å². The zero-order valence-electron chi connectivity index (χ0n) is 10.0. The molecule has 0 radical (unpaired) electrons. The third kappa shape index (κ3) is 4.04. The van der Waals surface area contributed by atoms with Crippen LogP contribution in [0.3, 0.4) is 0 Å². The number of aryl methyl sites for hydroxylation is 1. The summed E-state index contributed by atoms with van der Waals surface area (Å²) in [7, 11) is 0. The average Bonchev–Trinajstić information content (AvgIpc) is 2.71. The number of nitrogens with zero attached hydrogens (tertiary/aromatic N) is 1. The van der Waals surface area contributed by atoms with Gasteiger partial charge in [0.25, 0.3) is 0 Å². The molecule has 1 N–H and O–H groups in total. The molecule has 1 unspecified atom stereocenters. The summed E-state index contributed by atoms with van der Waals surface area (Å²) >= 11 is 0. The molecule has 1 aromatic heterocycles. The summed E-state index contributed by atoms with van der Waals surface area (Å²) in [6.07, 6.45) is 6.36. The van der Waals surface area contributed by atoms with Crippen molar-refractivity contribution in [2.45, 2.75) is 52.5 Å². The lowest BCUT2D eigenvalue weighted by atomic mass is 10.2. The Kier molecular flexibility index (Phi) is 5.40. The molecular weight excluding hydrogens is 188 g/mol. The van der Waals surface area contributed by atoms with Gasteiger partial charge in [0.1, 0.15) is 5.76 Å². The Morgan fingerprint density at radius 3 is 2.87 bits per heavy atom. The van der Waals surface area contributed by atoms with E-state index in [0.717, 1.165) is 31.0 Å². The lowest BCUT2D eigenvalue weighted by Gasteiger charge is -2.08. The summed E-state index contributed by atoms with van der Waals surface area (Å²) in [4.78, 5) is 4.29. The van der Waals surface area contributed by atoms with Gasteiger partial charge in [-0.3, -0.25) is 0 Å². The Bertz CT molecular complexity index is 270. The Morgan fingerprint density at radius 1 is 1.40 bits per heavy atom. The molecule has 15 heavy (non-hydrogen) atoms. The van der Waals surface area contributed by atoms with Gasteiger partial charge in [0.2, 0.25) is 5.89 Å². The van der Waals surface area contributed by atoms with Crippen LogP contribution in [0, 0.1) is 0 Å². The van der Waals surface area contributed by atoms with Gasteiger partial charge in [-0.2, -0.15) is 0 Å². The third-order valence-electron chi connectivity index (χ3n) is 2.42. The Hall–Kier alpha value is -0.830. The monoisotopic (exact) mass is 210 g/mol. The maximum absolute atomic E-state index is 5.67. The summed E-state index contributed by atoms with van der Waals surface area (Å²) in [6.45, 7) is 7.43. The number of hydrogen-bond donors (Lipinski definition) is 1. The highest BCUT2D eigenvalue weighted by atomic mass is 16.4. The zero-order valence-corrected chi connectivity index (χ0v) is 10.0. The quantitative estimate of drug-likeness (QED) is 0.751. The molecule has 0 aliphatic rings. The van der Waals surface area contributed by atoms with Crippen molar-refractivity contribution in [3.8, 4) is 0 Å². The van der Waals surface area contributed by atoms with Crippen molar-refractivity contribution in [1.29, 1.82) is 0 Å². The van der Waals surface area contributed by atoms with Crippen LogP contribution in [0.2, 0.25) is 0 Å². The molecule has 0 aliphatic carbocycles. The standard InChI is InChI=1S/C12H22N2O/c1-4-6-7-11-9-14-12(15-11)10(3)13-8-5-2/h9-10,13H,4-8H2,1-3H3. The van der Waals surface area contributed by atoms with Crippen LogP contribution in [0.5, 0.6) is 0 Å². The molecule has 0 spiro atoms. The Morgan fingerprint density at radius 2 is 2.20 bits per heavy atom. The van der Waals surface area contributed by atoms with Crippen LogP contribution in [-0.4, -0.2) is 11.5 Å². The second-order valence-electron chi connectivity index (χ2n) is 3.94. The molecule has 0 fully saturated rings. The second-order valence-corrected chi connectivity index (χ2v) is 3.94. The molecule has 0 saturated heterocycles. The van der Waals surface area contributed by atoms with E-state index >= 15 is 0 Å². The van der Waals surface area contributed by atoms with Gasteiger partial charge >= 0.3 is 0 Å². The fourth-order valence-electron chi connectivity index (χ4n) is 1.44. The molecule has 0 aliphatic heterocycles. The maximum atomic E-state index is 5.67. The van der Waals surface area contributed by atoms with E-state index in [0.29, 0.717) is 0 Å². The first kappa shape index (κ1) is 12.2. The van der Waals surface area contributed by atoms with Crippen molar-refractivity contribution in [2.24, 2.45) is 0 Å². The largest absolute Gasteiger partial charge is 0.444 e. The van der Waals surface area contributed by atoms with Crippen molar-refractivity contribution in [2.75, 3.05) is 6.54 Å².